The van der Waals surface area contributed by atoms with Gasteiger partial charge in [-0.2, -0.15) is 0 Å². The van der Waals surface area contributed by atoms with Gasteiger partial charge in [-0.3, -0.25) is 4.98 Å². The molecule has 20 heavy (non-hydrogen) atoms. The minimum atomic E-state index is 0.386. The molecule has 1 saturated heterocycles. The van der Waals surface area contributed by atoms with Gasteiger partial charge in [0.2, 0.25) is 0 Å². The summed E-state index contributed by atoms with van der Waals surface area (Å²) < 4.78 is 5.40. The molecule has 2 heterocycles. The third-order valence-electron chi connectivity index (χ3n) is 3.64. The minimum absolute atomic E-state index is 0.386. The van der Waals surface area contributed by atoms with Crippen LogP contribution in [0.4, 0.5) is 0 Å². The van der Waals surface area contributed by atoms with Crippen molar-refractivity contribution in [3.05, 3.63) is 24.0 Å². The minimum Gasteiger partial charge on any atom is -0.381 e. The summed E-state index contributed by atoms with van der Waals surface area (Å²) in [5.41, 5.74) is 1.16. The Morgan fingerprint density at radius 1 is 1.35 bits per heavy atom. The van der Waals surface area contributed by atoms with Gasteiger partial charge >= 0.3 is 0 Å². The van der Waals surface area contributed by atoms with Crippen molar-refractivity contribution >= 4 is 11.8 Å². The van der Waals surface area contributed by atoms with E-state index in [0.717, 1.165) is 51.1 Å². The zero-order valence-electron chi connectivity index (χ0n) is 12.6. The number of nitrogens with one attached hydrogen (secondary N) is 1. The van der Waals surface area contributed by atoms with E-state index in [4.69, 9.17) is 4.74 Å². The van der Waals surface area contributed by atoms with Crippen LogP contribution in [0.5, 0.6) is 0 Å². The maximum Gasteiger partial charge on any atom is 0.0573 e. The zero-order chi connectivity index (χ0) is 14.2. The Morgan fingerprint density at radius 2 is 2.15 bits per heavy atom. The molecule has 1 aromatic heterocycles. The normalized spacial score (nSPS) is 18.1. The van der Waals surface area contributed by atoms with Crippen LogP contribution in [0, 0.1) is 0 Å². The molecule has 0 amide bonds. The van der Waals surface area contributed by atoms with E-state index in [9.17, 15) is 0 Å². The molecule has 0 aromatic carbocycles. The number of nitrogens with zero attached hydrogens (tertiary/aromatic N) is 1. The molecule has 1 unspecified atom stereocenters. The highest BCUT2D eigenvalue weighted by Gasteiger charge is 2.15. The monoisotopic (exact) mass is 294 g/mol. The van der Waals surface area contributed by atoms with Crippen molar-refractivity contribution < 1.29 is 4.74 Å². The molecule has 0 saturated carbocycles. The number of rotatable bonds is 7. The van der Waals surface area contributed by atoms with Crippen LogP contribution in [0.25, 0.3) is 0 Å². The second-order valence-electron chi connectivity index (χ2n) is 5.26. The lowest BCUT2D eigenvalue weighted by Gasteiger charge is -2.21. The molecule has 0 aliphatic carbocycles. The van der Waals surface area contributed by atoms with Crippen molar-refractivity contribution in [1.29, 1.82) is 0 Å². The molecule has 1 atom stereocenters. The van der Waals surface area contributed by atoms with Gasteiger partial charge in [-0.05, 0) is 44.4 Å². The predicted molar refractivity (Wildman–Crippen MR) is 85.3 cm³/mol. The maximum absolute atomic E-state index is 5.40. The van der Waals surface area contributed by atoms with E-state index >= 15 is 0 Å². The standard InChI is InChI=1S/C16H26N2OS/c1-3-9-17-15(4-2)16-6-5-14(12-18-16)20-13-7-10-19-11-8-13/h5-6,12-13,15,17H,3-4,7-11H2,1-2H3. The molecular weight excluding hydrogens is 268 g/mol. The number of pyridine rings is 1. The third kappa shape index (κ3) is 4.76. The highest BCUT2D eigenvalue weighted by Crippen LogP contribution is 2.29. The first-order valence-electron chi connectivity index (χ1n) is 7.77. The number of thioether (sulfide) groups is 1. The summed E-state index contributed by atoms with van der Waals surface area (Å²) in [6.45, 7) is 7.27. The van der Waals surface area contributed by atoms with Crippen LogP contribution in [0.2, 0.25) is 0 Å². The Balaban J connectivity index is 1.90. The van der Waals surface area contributed by atoms with Crippen LogP contribution in [0.3, 0.4) is 0 Å². The molecule has 112 valence electrons. The number of ether oxygens (including phenoxy) is 1. The molecular formula is C16H26N2OS. The molecule has 2 rings (SSSR count). The van der Waals surface area contributed by atoms with Gasteiger partial charge < -0.3 is 10.1 Å². The Bertz CT molecular complexity index is 377. The van der Waals surface area contributed by atoms with Gasteiger partial charge in [0.25, 0.3) is 0 Å². The van der Waals surface area contributed by atoms with Crippen LogP contribution in [0.1, 0.15) is 51.3 Å². The average molecular weight is 294 g/mol. The Kier molecular flexibility index (Phi) is 6.83. The summed E-state index contributed by atoms with van der Waals surface area (Å²) in [5.74, 6) is 0. The van der Waals surface area contributed by atoms with E-state index in [1.807, 2.05) is 18.0 Å². The molecule has 4 heteroatoms. The van der Waals surface area contributed by atoms with Gasteiger partial charge in [-0.25, -0.2) is 0 Å². The topological polar surface area (TPSA) is 34.1 Å². The summed E-state index contributed by atoms with van der Waals surface area (Å²) >= 11 is 1.95. The van der Waals surface area contributed by atoms with Crippen molar-refractivity contribution in [3.8, 4) is 0 Å². The van der Waals surface area contributed by atoms with Crippen molar-refractivity contribution in [2.24, 2.45) is 0 Å². The predicted octanol–water partition coefficient (Wildman–Crippen LogP) is 3.80. The molecule has 1 aromatic rings. The van der Waals surface area contributed by atoms with Gasteiger partial charge in [-0.1, -0.05) is 13.8 Å². The van der Waals surface area contributed by atoms with Crippen LogP contribution < -0.4 is 5.32 Å². The van der Waals surface area contributed by atoms with E-state index in [-0.39, 0.29) is 0 Å². The highest BCUT2D eigenvalue weighted by molar-refractivity contribution is 8.00. The number of hydrogen-bond acceptors (Lipinski definition) is 4. The van der Waals surface area contributed by atoms with E-state index in [0.29, 0.717) is 11.3 Å². The van der Waals surface area contributed by atoms with Crippen molar-refractivity contribution in [2.75, 3.05) is 19.8 Å². The zero-order valence-corrected chi connectivity index (χ0v) is 13.4. The van der Waals surface area contributed by atoms with Gasteiger partial charge in [-0.15, -0.1) is 11.8 Å². The van der Waals surface area contributed by atoms with E-state index in [1.54, 1.807) is 0 Å². The van der Waals surface area contributed by atoms with Crippen molar-refractivity contribution in [3.63, 3.8) is 0 Å². The maximum atomic E-state index is 5.40. The number of aromatic nitrogens is 1. The molecule has 0 radical (unpaired) electrons. The summed E-state index contributed by atoms with van der Waals surface area (Å²) in [6.07, 6.45) is 6.59. The van der Waals surface area contributed by atoms with Crippen molar-refractivity contribution in [1.82, 2.24) is 10.3 Å². The molecule has 3 nitrogen and oxygen atoms in total. The fraction of sp³-hybridized carbons (Fsp3) is 0.688. The Hall–Kier alpha value is -0.580. The second-order valence-corrected chi connectivity index (χ2v) is 6.64. The lowest BCUT2D eigenvalue weighted by atomic mass is 10.1. The van der Waals surface area contributed by atoms with Gasteiger partial charge in [0.05, 0.1) is 5.69 Å². The lowest BCUT2D eigenvalue weighted by Crippen LogP contribution is -2.22. The van der Waals surface area contributed by atoms with Crippen LogP contribution in [-0.2, 0) is 4.74 Å². The van der Waals surface area contributed by atoms with Gasteiger partial charge in [0.15, 0.2) is 0 Å². The van der Waals surface area contributed by atoms with Gasteiger partial charge in [0, 0.05) is 35.6 Å². The molecule has 1 aliphatic rings. The molecule has 1 aliphatic heterocycles. The second kappa shape index (κ2) is 8.65. The van der Waals surface area contributed by atoms with E-state index in [1.165, 1.54) is 4.90 Å². The fourth-order valence-corrected chi connectivity index (χ4v) is 3.50. The molecule has 0 spiro atoms. The highest BCUT2D eigenvalue weighted by atomic mass is 32.2. The molecule has 0 bridgehead atoms. The van der Waals surface area contributed by atoms with Crippen LogP contribution in [-0.4, -0.2) is 30.0 Å². The van der Waals surface area contributed by atoms with Crippen LogP contribution in [0.15, 0.2) is 23.2 Å². The number of hydrogen-bond donors (Lipinski definition) is 1. The first-order valence-corrected chi connectivity index (χ1v) is 8.65. The summed E-state index contributed by atoms with van der Waals surface area (Å²) in [6, 6.07) is 4.79. The lowest BCUT2D eigenvalue weighted by molar-refractivity contribution is 0.100. The SMILES string of the molecule is CCCNC(CC)c1ccc(SC2CCOCC2)cn1. The Labute approximate surface area is 126 Å². The quantitative estimate of drug-likeness (QED) is 0.829. The van der Waals surface area contributed by atoms with Crippen molar-refractivity contribution in [2.45, 2.75) is 55.7 Å². The summed E-state index contributed by atoms with van der Waals surface area (Å²) in [4.78, 5) is 5.94. The largest absolute Gasteiger partial charge is 0.381 e. The van der Waals surface area contributed by atoms with Crippen LogP contribution >= 0.6 is 11.8 Å². The fourth-order valence-electron chi connectivity index (χ4n) is 2.43. The Morgan fingerprint density at radius 3 is 2.75 bits per heavy atom. The average Bonchev–Trinajstić information content (AvgIpc) is 2.50. The van der Waals surface area contributed by atoms with Gasteiger partial charge in [0.1, 0.15) is 0 Å². The summed E-state index contributed by atoms with van der Waals surface area (Å²) in [7, 11) is 0. The van der Waals surface area contributed by atoms with E-state index in [2.05, 4.69) is 36.3 Å². The molecule has 1 fully saturated rings. The first kappa shape index (κ1) is 15.8. The smallest absolute Gasteiger partial charge is 0.0573 e. The first-order chi connectivity index (χ1) is 9.83. The van der Waals surface area contributed by atoms with E-state index < -0.39 is 0 Å². The molecule has 1 N–H and O–H groups in total. The summed E-state index contributed by atoms with van der Waals surface area (Å²) in [5, 5.41) is 4.24. The third-order valence-corrected chi connectivity index (χ3v) is 4.95.